The topological polar surface area (TPSA) is 70.1 Å². The number of nitrogens with two attached hydrogens (primary N) is 1. The van der Waals surface area contributed by atoms with Crippen LogP contribution >= 0.6 is 0 Å². The van der Waals surface area contributed by atoms with Gasteiger partial charge in [0, 0.05) is 13.0 Å². The molecule has 0 aromatic heterocycles. The van der Waals surface area contributed by atoms with Crippen LogP contribution in [0.4, 0.5) is 0 Å². The second-order valence-corrected chi connectivity index (χ2v) is 5.83. The number of carbonyl (C=O) groups excluding carboxylic acids is 1. The van der Waals surface area contributed by atoms with Gasteiger partial charge in [-0.05, 0) is 30.4 Å². The van der Waals surface area contributed by atoms with E-state index in [1.54, 1.807) is 4.90 Å². The number of hydrogen-bond acceptors (Lipinski definition) is 3. The molecular weight excluding hydrogens is 262 g/mol. The summed E-state index contributed by atoms with van der Waals surface area (Å²) in [4.78, 5) is 14.0. The van der Waals surface area contributed by atoms with E-state index in [1.165, 1.54) is 0 Å². The molecule has 0 bridgehead atoms. The van der Waals surface area contributed by atoms with E-state index in [0.717, 1.165) is 12.0 Å². The van der Waals surface area contributed by atoms with Crippen LogP contribution in [-0.2, 0) is 11.3 Å². The molecule has 21 heavy (non-hydrogen) atoms. The molecule has 0 saturated heterocycles. The fourth-order valence-corrected chi connectivity index (χ4v) is 2.43. The van der Waals surface area contributed by atoms with Crippen LogP contribution in [0.15, 0.2) is 30.3 Å². The Morgan fingerprint density at radius 2 is 2.00 bits per heavy atom. The van der Waals surface area contributed by atoms with E-state index in [4.69, 9.17) is 11.0 Å². The quantitative estimate of drug-likeness (QED) is 0.747. The molecule has 4 nitrogen and oxygen atoms in total. The molecule has 1 rings (SSSR count). The molecule has 0 spiro atoms. The summed E-state index contributed by atoms with van der Waals surface area (Å²) in [5.74, 6) is 0.718. The highest BCUT2D eigenvalue weighted by atomic mass is 16.2. The fraction of sp³-hybridized carbons (Fsp3) is 0.529. The summed E-state index contributed by atoms with van der Waals surface area (Å²) in [6.07, 6.45) is 1.36. The molecule has 114 valence electrons. The van der Waals surface area contributed by atoms with E-state index in [-0.39, 0.29) is 18.4 Å². The van der Waals surface area contributed by atoms with Crippen LogP contribution in [0.25, 0.3) is 0 Å². The first-order valence-electron chi connectivity index (χ1n) is 7.45. The van der Waals surface area contributed by atoms with Gasteiger partial charge in [0.25, 0.3) is 0 Å². The third-order valence-corrected chi connectivity index (χ3v) is 3.43. The molecule has 4 heteroatoms. The summed E-state index contributed by atoms with van der Waals surface area (Å²) in [6, 6.07) is 11.8. The van der Waals surface area contributed by atoms with Gasteiger partial charge in [-0.3, -0.25) is 4.79 Å². The van der Waals surface area contributed by atoms with E-state index in [1.807, 2.05) is 30.3 Å². The lowest BCUT2D eigenvalue weighted by molar-refractivity contribution is -0.132. The summed E-state index contributed by atoms with van der Waals surface area (Å²) >= 11 is 0. The minimum atomic E-state index is 0.0107. The molecule has 0 aliphatic carbocycles. The predicted octanol–water partition coefficient (Wildman–Crippen LogP) is 2.55. The second kappa shape index (κ2) is 9.15. The predicted molar refractivity (Wildman–Crippen MR) is 84.1 cm³/mol. The zero-order valence-electron chi connectivity index (χ0n) is 13.0. The highest BCUT2D eigenvalue weighted by molar-refractivity contribution is 5.76. The summed E-state index contributed by atoms with van der Waals surface area (Å²) < 4.78 is 0. The molecular formula is C17H25N3O. The van der Waals surface area contributed by atoms with E-state index in [2.05, 4.69) is 19.9 Å². The van der Waals surface area contributed by atoms with Gasteiger partial charge in [0.1, 0.15) is 6.54 Å². The van der Waals surface area contributed by atoms with E-state index in [0.29, 0.717) is 25.4 Å². The number of nitriles is 1. The van der Waals surface area contributed by atoms with Gasteiger partial charge in [0.15, 0.2) is 0 Å². The van der Waals surface area contributed by atoms with Gasteiger partial charge in [-0.2, -0.15) is 5.26 Å². The van der Waals surface area contributed by atoms with E-state index in [9.17, 15) is 4.79 Å². The number of amides is 1. The molecule has 0 saturated carbocycles. The Morgan fingerprint density at radius 3 is 2.52 bits per heavy atom. The average molecular weight is 287 g/mol. The Bertz CT molecular complexity index is 465. The van der Waals surface area contributed by atoms with Gasteiger partial charge in [0.2, 0.25) is 5.91 Å². The minimum absolute atomic E-state index is 0.0107. The van der Waals surface area contributed by atoms with Crippen LogP contribution in [0.5, 0.6) is 0 Å². The maximum absolute atomic E-state index is 12.4. The summed E-state index contributed by atoms with van der Waals surface area (Å²) in [5.41, 5.74) is 6.80. The monoisotopic (exact) mass is 287 g/mol. The first kappa shape index (κ1) is 17.2. The van der Waals surface area contributed by atoms with Crippen LogP contribution < -0.4 is 5.73 Å². The standard InChI is InChI=1S/C17H25N3O/c1-14(2)10-16(12-19)11-17(21)20(9-8-18)13-15-6-4-3-5-7-15/h3-7,14,16H,9-13,19H2,1-2H3/t16-/m0/s1. The molecule has 0 unspecified atom stereocenters. The second-order valence-electron chi connectivity index (χ2n) is 5.83. The molecule has 1 atom stereocenters. The Hall–Kier alpha value is -1.86. The Kier molecular flexibility index (Phi) is 7.49. The molecule has 0 radical (unpaired) electrons. The average Bonchev–Trinajstić information content (AvgIpc) is 2.46. The summed E-state index contributed by atoms with van der Waals surface area (Å²) in [6.45, 7) is 5.36. The van der Waals surface area contributed by atoms with Gasteiger partial charge >= 0.3 is 0 Å². The van der Waals surface area contributed by atoms with Crippen molar-refractivity contribution in [3.05, 3.63) is 35.9 Å². The third-order valence-electron chi connectivity index (χ3n) is 3.43. The molecule has 0 heterocycles. The normalized spacial score (nSPS) is 12.0. The van der Waals surface area contributed by atoms with E-state index < -0.39 is 0 Å². The number of carbonyl (C=O) groups is 1. The van der Waals surface area contributed by atoms with Crippen molar-refractivity contribution in [1.82, 2.24) is 4.90 Å². The highest BCUT2D eigenvalue weighted by Crippen LogP contribution is 2.16. The zero-order chi connectivity index (χ0) is 15.7. The third kappa shape index (κ3) is 6.42. The number of benzene rings is 1. The van der Waals surface area contributed by atoms with Crippen molar-refractivity contribution in [2.45, 2.75) is 33.2 Å². The summed E-state index contributed by atoms with van der Waals surface area (Å²) in [7, 11) is 0. The molecule has 1 aromatic carbocycles. The summed E-state index contributed by atoms with van der Waals surface area (Å²) in [5, 5.41) is 8.93. The van der Waals surface area contributed by atoms with Crippen molar-refractivity contribution >= 4 is 5.91 Å². The first-order chi connectivity index (χ1) is 10.1. The first-order valence-corrected chi connectivity index (χ1v) is 7.45. The minimum Gasteiger partial charge on any atom is -0.330 e. The smallest absolute Gasteiger partial charge is 0.224 e. The Balaban J connectivity index is 2.66. The zero-order valence-corrected chi connectivity index (χ0v) is 13.0. The van der Waals surface area contributed by atoms with Crippen LogP contribution in [0, 0.1) is 23.2 Å². The fourth-order valence-electron chi connectivity index (χ4n) is 2.43. The lowest BCUT2D eigenvalue weighted by Gasteiger charge is -2.23. The maximum atomic E-state index is 12.4. The van der Waals surface area contributed by atoms with Crippen molar-refractivity contribution in [3.8, 4) is 6.07 Å². The Labute approximate surface area is 127 Å². The SMILES string of the molecule is CC(C)C[C@H](CN)CC(=O)N(CC#N)Cc1ccccc1. The van der Waals surface area contributed by atoms with Gasteiger partial charge in [-0.25, -0.2) is 0 Å². The van der Waals surface area contributed by atoms with Crippen molar-refractivity contribution in [2.24, 2.45) is 17.6 Å². The Morgan fingerprint density at radius 1 is 1.33 bits per heavy atom. The molecule has 1 aromatic rings. The van der Waals surface area contributed by atoms with Crippen LogP contribution in [0.1, 0.15) is 32.3 Å². The van der Waals surface area contributed by atoms with Crippen molar-refractivity contribution in [3.63, 3.8) is 0 Å². The number of nitrogens with zero attached hydrogens (tertiary/aromatic N) is 2. The van der Waals surface area contributed by atoms with Gasteiger partial charge in [-0.1, -0.05) is 44.2 Å². The molecule has 0 aliphatic heterocycles. The van der Waals surface area contributed by atoms with Crippen LogP contribution in [0.3, 0.4) is 0 Å². The lowest BCUT2D eigenvalue weighted by atomic mass is 9.93. The molecule has 0 fully saturated rings. The number of rotatable bonds is 8. The van der Waals surface area contributed by atoms with Crippen molar-refractivity contribution in [2.75, 3.05) is 13.1 Å². The van der Waals surface area contributed by atoms with Crippen molar-refractivity contribution < 1.29 is 4.79 Å². The van der Waals surface area contributed by atoms with Crippen LogP contribution in [0.2, 0.25) is 0 Å². The lowest BCUT2D eigenvalue weighted by Crippen LogP contribution is -2.34. The van der Waals surface area contributed by atoms with Crippen molar-refractivity contribution in [1.29, 1.82) is 5.26 Å². The van der Waals surface area contributed by atoms with Gasteiger partial charge in [-0.15, -0.1) is 0 Å². The number of hydrogen-bond donors (Lipinski definition) is 1. The molecule has 0 aliphatic rings. The molecule has 1 amide bonds. The van der Waals surface area contributed by atoms with Gasteiger partial charge < -0.3 is 10.6 Å². The van der Waals surface area contributed by atoms with Crippen LogP contribution in [-0.4, -0.2) is 23.9 Å². The van der Waals surface area contributed by atoms with E-state index >= 15 is 0 Å². The van der Waals surface area contributed by atoms with Gasteiger partial charge in [0.05, 0.1) is 6.07 Å². The maximum Gasteiger partial charge on any atom is 0.224 e. The largest absolute Gasteiger partial charge is 0.330 e. The highest BCUT2D eigenvalue weighted by Gasteiger charge is 2.19. The molecule has 2 N–H and O–H groups in total.